The summed E-state index contributed by atoms with van der Waals surface area (Å²) >= 11 is 3.42. The van der Waals surface area contributed by atoms with Gasteiger partial charge in [0.15, 0.2) is 11.5 Å². The van der Waals surface area contributed by atoms with Crippen molar-refractivity contribution in [2.45, 2.75) is 20.0 Å². The summed E-state index contributed by atoms with van der Waals surface area (Å²) in [5.41, 5.74) is 1.13. The first-order chi connectivity index (χ1) is 9.29. The second kappa shape index (κ2) is 7.19. The number of benzene rings is 2. The van der Waals surface area contributed by atoms with E-state index in [4.69, 9.17) is 9.47 Å². The standard InChI is InChI=1S/C16H17BrO2/c1-2-11-18-15-5-3-4-6-16(15)19-12-13-7-9-14(17)10-8-13/h3-10H,2,11-12H2,1H3. The Bertz CT molecular complexity index is 508. The van der Waals surface area contributed by atoms with Gasteiger partial charge in [0, 0.05) is 4.47 Å². The Hall–Kier alpha value is -1.48. The summed E-state index contributed by atoms with van der Waals surface area (Å²) in [4.78, 5) is 0. The molecule has 0 heterocycles. The second-order valence-electron chi connectivity index (χ2n) is 4.21. The zero-order valence-electron chi connectivity index (χ0n) is 10.9. The fourth-order valence-corrected chi connectivity index (χ4v) is 1.91. The summed E-state index contributed by atoms with van der Waals surface area (Å²) in [7, 11) is 0. The van der Waals surface area contributed by atoms with Gasteiger partial charge in [0.2, 0.25) is 0 Å². The van der Waals surface area contributed by atoms with Crippen molar-refractivity contribution < 1.29 is 9.47 Å². The minimum absolute atomic E-state index is 0.541. The lowest BCUT2D eigenvalue weighted by atomic mass is 10.2. The van der Waals surface area contributed by atoms with Crippen LogP contribution in [0.15, 0.2) is 53.0 Å². The molecule has 2 aromatic rings. The number of ether oxygens (including phenoxy) is 2. The summed E-state index contributed by atoms with van der Waals surface area (Å²) in [6.07, 6.45) is 0.987. The maximum atomic E-state index is 5.82. The van der Waals surface area contributed by atoms with Gasteiger partial charge in [0.25, 0.3) is 0 Å². The molecule has 0 saturated heterocycles. The maximum absolute atomic E-state index is 5.82. The third-order valence-corrected chi connectivity index (χ3v) is 3.15. The molecule has 0 radical (unpaired) electrons. The Balaban J connectivity index is 2.00. The molecule has 0 unspecified atom stereocenters. The van der Waals surface area contributed by atoms with Crippen LogP contribution in [0.5, 0.6) is 11.5 Å². The summed E-state index contributed by atoms with van der Waals surface area (Å²) in [6.45, 7) is 3.34. The lowest BCUT2D eigenvalue weighted by Crippen LogP contribution is -2.00. The van der Waals surface area contributed by atoms with Gasteiger partial charge in [-0.1, -0.05) is 47.1 Å². The second-order valence-corrected chi connectivity index (χ2v) is 5.13. The van der Waals surface area contributed by atoms with E-state index in [1.165, 1.54) is 0 Å². The number of hydrogen-bond donors (Lipinski definition) is 0. The highest BCUT2D eigenvalue weighted by Gasteiger charge is 2.04. The zero-order chi connectivity index (χ0) is 13.5. The zero-order valence-corrected chi connectivity index (χ0v) is 12.5. The van der Waals surface area contributed by atoms with Crippen molar-refractivity contribution in [3.05, 3.63) is 58.6 Å². The van der Waals surface area contributed by atoms with Crippen molar-refractivity contribution >= 4 is 15.9 Å². The highest BCUT2D eigenvalue weighted by Crippen LogP contribution is 2.27. The third kappa shape index (κ3) is 4.28. The van der Waals surface area contributed by atoms with Gasteiger partial charge in [-0.15, -0.1) is 0 Å². The molecule has 100 valence electrons. The monoisotopic (exact) mass is 320 g/mol. The van der Waals surface area contributed by atoms with Crippen LogP contribution in [0, 0.1) is 0 Å². The van der Waals surface area contributed by atoms with Crippen LogP contribution in [0.1, 0.15) is 18.9 Å². The van der Waals surface area contributed by atoms with E-state index in [0.717, 1.165) is 28.0 Å². The average Bonchev–Trinajstić information content (AvgIpc) is 2.45. The van der Waals surface area contributed by atoms with Crippen LogP contribution in [0.25, 0.3) is 0 Å². The molecular formula is C16H17BrO2. The van der Waals surface area contributed by atoms with Crippen molar-refractivity contribution in [2.75, 3.05) is 6.61 Å². The summed E-state index contributed by atoms with van der Waals surface area (Å²) in [6, 6.07) is 15.9. The van der Waals surface area contributed by atoms with Gasteiger partial charge in [-0.25, -0.2) is 0 Å². The quantitative estimate of drug-likeness (QED) is 0.759. The molecule has 2 rings (SSSR count). The minimum Gasteiger partial charge on any atom is -0.490 e. The predicted molar refractivity (Wildman–Crippen MR) is 80.7 cm³/mol. The van der Waals surface area contributed by atoms with Crippen LogP contribution in [-0.4, -0.2) is 6.61 Å². The average molecular weight is 321 g/mol. The van der Waals surface area contributed by atoms with E-state index in [1.54, 1.807) is 0 Å². The summed E-state index contributed by atoms with van der Waals surface area (Å²) in [5.74, 6) is 1.60. The molecule has 0 spiro atoms. The largest absolute Gasteiger partial charge is 0.490 e. The molecule has 0 aliphatic rings. The SMILES string of the molecule is CCCOc1ccccc1OCc1ccc(Br)cc1. The molecule has 3 heteroatoms. The molecule has 0 saturated carbocycles. The Kier molecular flexibility index (Phi) is 5.28. The molecule has 0 fully saturated rings. The van der Waals surface area contributed by atoms with Gasteiger partial charge in [-0.3, -0.25) is 0 Å². The molecule has 19 heavy (non-hydrogen) atoms. The van der Waals surface area contributed by atoms with Gasteiger partial charge in [-0.2, -0.15) is 0 Å². The van der Waals surface area contributed by atoms with Crippen LogP contribution in [0.2, 0.25) is 0 Å². The highest BCUT2D eigenvalue weighted by atomic mass is 79.9. The predicted octanol–water partition coefficient (Wildman–Crippen LogP) is 4.82. The molecule has 0 bridgehead atoms. The Morgan fingerprint density at radius 3 is 2.16 bits per heavy atom. The normalized spacial score (nSPS) is 10.2. The van der Waals surface area contributed by atoms with Crippen LogP contribution in [0.4, 0.5) is 0 Å². The maximum Gasteiger partial charge on any atom is 0.161 e. The van der Waals surface area contributed by atoms with Gasteiger partial charge in [0.05, 0.1) is 6.61 Å². The van der Waals surface area contributed by atoms with E-state index in [9.17, 15) is 0 Å². The summed E-state index contributed by atoms with van der Waals surface area (Å²) < 4.78 is 12.6. The molecule has 0 aliphatic carbocycles. The molecule has 0 aliphatic heterocycles. The fourth-order valence-electron chi connectivity index (χ4n) is 1.64. The van der Waals surface area contributed by atoms with Crippen molar-refractivity contribution in [3.63, 3.8) is 0 Å². The lowest BCUT2D eigenvalue weighted by Gasteiger charge is -2.12. The van der Waals surface area contributed by atoms with Crippen LogP contribution in [0.3, 0.4) is 0 Å². The van der Waals surface area contributed by atoms with E-state index >= 15 is 0 Å². The molecule has 2 aromatic carbocycles. The molecule has 0 N–H and O–H groups in total. The Morgan fingerprint density at radius 1 is 0.895 bits per heavy atom. The van der Waals surface area contributed by atoms with Crippen LogP contribution >= 0.6 is 15.9 Å². The van der Waals surface area contributed by atoms with Crippen LogP contribution in [-0.2, 0) is 6.61 Å². The van der Waals surface area contributed by atoms with Crippen molar-refractivity contribution in [2.24, 2.45) is 0 Å². The van der Waals surface area contributed by atoms with E-state index in [-0.39, 0.29) is 0 Å². The smallest absolute Gasteiger partial charge is 0.161 e. The topological polar surface area (TPSA) is 18.5 Å². The molecule has 0 amide bonds. The molecule has 2 nitrogen and oxygen atoms in total. The van der Waals surface area contributed by atoms with E-state index in [1.807, 2.05) is 48.5 Å². The van der Waals surface area contributed by atoms with Gasteiger partial charge >= 0.3 is 0 Å². The van der Waals surface area contributed by atoms with Crippen molar-refractivity contribution in [1.29, 1.82) is 0 Å². The molecule has 0 aromatic heterocycles. The first-order valence-corrected chi connectivity index (χ1v) is 7.18. The Morgan fingerprint density at radius 2 is 1.53 bits per heavy atom. The van der Waals surface area contributed by atoms with Gasteiger partial charge in [0.1, 0.15) is 6.61 Å². The third-order valence-electron chi connectivity index (χ3n) is 2.62. The first kappa shape index (κ1) is 13.9. The molecular weight excluding hydrogens is 304 g/mol. The molecule has 0 atom stereocenters. The highest BCUT2D eigenvalue weighted by molar-refractivity contribution is 9.10. The van der Waals surface area contributed by atoms with Gasteiger partial charge < -0.3 is 9.47 Å². The number of rotatable bonds is 6. The van der Waals surface area contributed by atoms with E-state index in [2.05, 4.69) is 22.9 Å². The van der Waals surface area contributed by atoms with Gasteiger partial charge in [-0.05, 0) is 36.2 Å². The van der Waals surface area contributed by atoms with Crippen molar-refractivity contribution in [1.82, 2.24) is 0 Å². The van der Waals surface area contributed by atoms with Crippen molar-refractivity contribution in [3.8, 4) is 11.5 Å². The number of halogens is 1. The van der Waals surface area contributed by atoms with Crippen LogP contribution < -0.4 is 9.47 Å². The fraction of sp³-hybridized carbons (Fsp3) is 0.250. The van der Waals surface area contributed by atoms with E-state index < -0.39 is 0 Å². The summed E-state index contributed by atoms with van der Waals surface area (Å²) in [5, 5.41) is 0. The first-order valence-electron chi connectivity index (χ1n) is 6.38. The number of para-hydroxylation sites is 2. The Labute approximate surface area is 122 Å². The minimum atomic E-state index is 0.541. The van der Waals surface area contributed by atoms with E-state index in [0.29, 0.717) is 13.2 Å². The number of hydrogen-bond acceptors (Lipinski definition) is 2. The lowest BCUT2D eigenvalue weighted by molar-refractivity contribution is 0.262.